The molecule has 1 aromatic rings. The van der Waals surface area contributed by atoms with Gasteiger partial charge in [0.25, 0.3) is 0 Å². The van der Waals surface area contributed by atoms with E-state index in [1.54, 1.807) is 20.8 Å². The van der Waals surface area contributed by atoms with Crippen molar-refractivity contribution in [3.8, 4) is 0 Å². The molecular formula is C17H21NO4. The molecule has 2 rings (SSSR count). The number of carbonyl (C=O) groups excluding carboxylic acids is 2. The molecule has 0 saturated carbocycles. The van der Waals surface area contributed by atoms with E-state index in [9.17, 15) is 9.59 Å². The maximum absolute atomic E-state index is 12.1. The van der Waals surface area contributed by atoms with E-state index < -0.39 is 23.7 Å². The third kappa shape index (κ3) is 3.87. The largest absolute Gasteiger partial charge is 0.459 e. The Morgan fingerprint density at radius 1 is 1.27 bits per heavy atom. The lowest BCUT2D eigenvalue weighted by Crippen LogP contribution is -2.54. The zero-order valence-electron chi connectivity index (χ0n) is 13.2. The highest BCUT2D eigenvalue weighted by molar-refractivity contribution is 5.85. The minimum atomic E-state index is -0.647. The molecule has 0 bridgehead atoms. The Morgan fingerprint density at radius 2 is 1.91 bits per heavy atom. The lowest BCUT2D eigenvalue weighted by molar-refractivity contribution is -0.153. The van der Waals surface area contributed by atoms with Gasteiger partial charge in [0.15, 0.2) is 0 Å². The van der Waals surface area contributed by atoms with Crippen molar-refractivity contribution < 1.29 is 19.1 Å². The van der Waals surface area contributed by atoms with E-state index in [1.807, 2.05) is 30.3 Å². The molecule has 1 amide bonds. The fourth-order valence-electron chi connectivity index (χ4n) is 2.10. The van der Waals surface area contributed by atoms with Crippen molar-refractivity contribution in [2.45, 2.75) is 45.4 Å². The van der Waals surface area contributed by atoms with Crippen molar-refractivity contribution in [1.82, 2.24) is 4.90 Å². The summed E-state index contributed by atoms with van der Waals surface area (Å²) in [5, 5.41) is 0. The van der Waals surface area contributed by atoms with Crippen molar-refractivity contribution >= 4 is 12.1 Å². The molecule has 22 heavy (non-hydrogen) atoms. The Bertz CT molecular complexity index is 574. The minimum Gasteiger partial charge on any atom is -0.459 e. The number of benzene rings is 1. The van der Waals surface area contributed by atoms with Gasteiger partial charge in [-0.15, -0.1) is 0 Å². The number of nitrogens with zero attached hydrogens (tertiary/aromatic N) is 1. The molecule has 1 atom stereocenters. The van der Waals surface area contributed by atoms with Gasteiger partial charge in [0.05, 0.1) is 0 Å². The van der Waals surface area contributed by atoms with Gasteiger partial charge in [-0.1, -0.05) is 36.9 Å². The molecule has 0 aromatic heterocycles. The van der Waals surface area contributed by atoms with Crippen LogP contribution in [0, 0.1) is 0 Å². The molecule has 5 heteroatoms. The van der Waals surface area contributed by atoms with Crippen LogP contribution in [0.4, 0.5) is 4.79 Å². The van der Waals surface area contributed by atoms with Gasteiger partial charge in [-0.3, -0.25) is 4.90 Å². The molecule has 0 radical (unpaired) electrons. The summed E-state index contributed by atoms with van der Waals surface area (Å²) in [5.74, 6) is -0.442. The average Bonchev–Trinajstić information content (AvgIpc) is 2.41. The van der Waals surface area contributed by atoms with Gasteiger partial charge < -0.3 is 9.47 Å². The van der Waals surface area contributed by atoms with Crippen LogP contribution in [-0.4, -0.2) is 28.6 Å². The first-order valence-corrected chi connectivity index (χ1v) is 7.18. The number of hydrogen-bond donors (Lipinski definition) is 0. The van der Waals surface area contributed by atoms with Crippen molar-refractivity contribution in [2.75, 3.05) is 0 Å². The van der Waals surface area contributed by atoms with Crippen LogP contribution in [0.1, 0.15) is 32.8 Å². The Balaban J connectivity index is 1.92. The number of rotatable bonds is 3. The monoisotopic (exact) mass is 303 g/mol. The van der Waals surface area contributed by atoms with Crippen LogP contribution in [0.3, 0.4) is 0 Å². The maximum atomic E-state index is 12.1. The molecule has 1 heterocycles. The van der Waals surface area contributed by atoms with Gasteiger partial charge in [0.2, 0.25) is 0 Å². The molecule has 0 aliphatic carbocycles. The number of esters is 1. The summed E-state index contributed by atoms with van der Waals surface area (Å²) in [4.78, 5) is 25.4. The fraction of sp³-hybridized carbons (Fsp3) is 0.412. The molecule has 1 unspecified atom stereocenters. The van der Waals surface area contributed by atoms with Crippen LogP contribution in [0.2, 0.25) is 0 Å². The smallest absolute Gasteiger partial charge is 0.415 e. The fourth-order valence-corrected chi connectivity index (χ4v) is 2.10. The van der Waals surface area contributed by atoms with Gasteiger partial charge in [0, 0.05) is 12.1 Å². The van der Waals surface area contributed by atoms with E-state index in [1.165, 1.54) is 4.90 Å². The molecule has 1 aliphatic heterocycles. The molecule has 0 N–H and O–H groups in total. The van der Waals surface area contributed by atoms with Crippen LogP contribution >= 0.6 is 0 Å². The van der Waals surface area contributed by atoms with Gasteiger partial charge in [-0.05, 0) is 26.3 Å². The molecular weight excluding hydrogens is 282 g/mol. The normalized spacial score (nSPS) is 17.7. The van der Waals surface area contributed by atoms with Crippen molar-refractivity contribution in [1.29, 1.82) is 0 Å². The minimum absolute atomic E-state index is 0.185. The highest BCUT2D eigenvalue weighted by atomic mass is 16.6. The molecule has 1 aliphatic rings. The standard InChI is InChI=1S/C17H21NO4/c1-12-10-14(18(12)16(20)22-17(2,3)4)15(19)21-11-13-8-6-5-7-9-13/h5-9,14H,1,10-11H2,2-4H3. The molecule has 5 nitrogen and oxygen atoms in total. The Labute approximate surface area is 130 Å². The third-order valence-corrected chi connectivity index (χ3v) is 3.17. The Morgan fingerprint density at radius 3 is 2.45 bits per heavy atom. The topological polar surface area (TPSA) is 55.8 Å². The molecule has 1 aromatic carbocycles. The maximum Gasteiger partial charge on any atom is 0.415 e. The predicted octanol–water partition coefficient (Wildman–Crippen LogP) is 3.25. The molecule has 0 spiro atoms. The van der Waals surface area contributed by atoms with E-state index >= 15 is 0 Å². The van der Waals surface area contributed by atoms with Gasteiger partial charge >= 0.3 is 12.1 Å². The zero-order chi connectivity index (χ0) is 16.3. The Hall–Kier alpha value is -2.30. The summed E-state index contributed by atoms with van der Waals surface area (Å²) in [6, 6.07) is 8.75. The molecule has 1 saturated heterocycles. The lowest BCUT2D eigenvalue weighted by atomic mass is 10.0. The van der Waals surface area contributed by atoms with Crippen LogP contribution < -0.4 is 0 Å². The van der Waals surface area contributed by atoms with Crippen LogP contribution in [0.5, 0.6) is 0 Å². The first kappa shape index (κ1) is 16.1. The second-order valence-corrected chi connectivity index (χ2v) is 6.23. The van der Waals surface area contributed by atoms with E-state index in [-0.39, 0.29) is 6.61 Å². The second-order valence-electron chi connectivity index (χ2n) is 6.23. The van der Waals surface area contributed by atoms with Crippen LogP contribution in [0.25, 0.3) is 0 Å². The summed E-state index contributed by atoms with van der Waals surface area (Å²) in [5.41, 5.74) is 0.847. The van der Waals surface area contributed by atoms with Crippen LogP contribution in [0.15, 0.2) is 42.6 Å². The number of ether oxygens (including phenoxy) is 2. The number of carbonyl (C=O) groups is 2. The average molecular weight is 303 g/mol. The van der Waals surface area contributed by atoms with E-state index in [4.69, 9.17) is 9.47 Å². The van der Waals surface area contributed by atoms with E-state index in [0.717, 1.165) is 5.56 Å². The van der Waals surface area contributed by atoms with Gasteiger partial charge in [0.1, 0.15) is 18.2 Å². The van der Waals surface area contributed by atoms with E-state index in [0.29, 0.717) is 12.1 Å². The number of hydrogen-bond acceptors (Lipinski definition) is 4. The zero-order valence-corrected chi connectivity index (χ0v) is 13.2. The third-order valence-electron chi connectivity index (χ3n) is 3.17. The molecule has 118 valence electrons. The summed E-state index contributed by atoms with van der Waals surface area (Å²) in [6.45, 7) is 9.27. The lowest BCUT2D eigenvalue weighted by Gasteiger charge is -2.41. The Kier molecular flexibility index (Phi) is 4.54. The number of likely N-dealkylation sites (tertiary alicyclic amines) is 1. The van der Waals surface area contributed by atoms with E-state index in [2.05, 4.69) is 6.58 Å². The first-order valence-electron chi connectivity index (χ1n) is 7.18. The first-order chi connectivity index (χ1) is 10.3. The summed E-state index contributed by atoms with van der Waals surface area (Å²) >= 11 is 0. The van der Waals surface area contributed by atoms with Gasteiger partial charge in [-0.25, -0.2) is 9.59 Å². The highest BCUT2D eigenvalue weighted by Crippen LogP contribution is 2.31. The van der Waals surface area contributed by atoms with Crippen molar-refractivity contribution in [3.63, 3.8) is 0 Å². The van der Waals surface area contributed by atoms with Crippen LogP contribution in [-0.2, 0) is 20.9 Å². The quantitative estimate of drug-likeness (QED) is 0.804. The predicted molar refractivity (Wildman–Crippen MR) is 81.9 cm³/mol. The number of amides is 1. The van der Waals surface area contributed by atoms with Gasteiger partial charge in [-0.2, -0.15) is 0 Å². The van der Waals surface area contributed by atoms with Crippen molar-refractivity contribution in [3.05, 3.63) is 48.2 Å². The second kappa shape index (κ2) is 6.22. The summed E-state index contributed by atoms with van der Waals surface area (Å²) in [6.07, 6.45) is -0.155. The SMILES string of the molecule is C=C1CC(C(=O)OCc2ccccc2)N1C(=O)OC(C)(C)C. The van der Waals surface area contributed by atoms with Crippen molar-refractivity contribution in [2.24, 2.45) is 0 Å². The highest BCUT2D eigenvalue weighted by Gasteiger charge is 2.44. The summed E-state index contributed by atoms with van der Waals surface area (Å²) in [7, 11) is 0. The summed E-state index contributed by atoms with van der Waals surface area (Å²) < 4.78 is 10.5. The molecule has 1 fully saturated rings.